The van der Waals surface area contributed by atoms with E-state index in [1.165, 1.54) is 7.11 Å². The van der Waals surface area contributed by atoms with E-state index < -0.39 is 5.97 Å². The van der Waals surface area contributed by atoms with Crippen LogP contribution in [0.25, 0.3) is 0 Å². The third-order valence-corrected chi connectivity index (χ3v) is 3.67. The van der Waals surface area contributed by atoms with E-state index in [0.29, 0.717) is 43.9 Å². The van der Waals surface area contributed by atoms with E-state index in [1.54, 1.807) is 12.1 Å². The van der Waals surface area contributed by atoms with Crippen LogP contribution in [-0.4, -0.2) is 51.8 Å². The van der Waals surface area contributed by atoms with Crippen LogP contribution in [-0.2, 0) is 14.3 Å². The Balaban J connectivity index is 0.00000288. The summed E-state index contributed by atoms with van der Waals surface area (Å²) in [5.41, 5.74) is 7.11. The number of hydrogen-bond donors (Lipinski definition) is 2. The SMILES string of the molecule is COC(=O)c1cc(N2CCOCC2)ccc1NC(=O)CCCN.Cl.Cl. The second-order valence-electron chi connectivity index (χ2n) is 5.26. The lowest BCUT2D eigenvalue weighted by atomic mass is 10.1. The summed E-state index contributed by atoms with van der Waals surface area (Å²) in [6.45, 7) is 3.30. The van der Waals surface area contributed by atoms with Gasteiger partial charge in [0, 0.05) is 25.2 Å². The molecule has 1 aliphatic rings. The van der Waals surface area contributed by atoms with Crippen LogP contribution in [0.4, 0.5) is 11.4 Å². The number of carbonyl (C=O) groups excluding carboxylic acids is 2. The molecule has 1 amide bonds. The number of nitrogens with zero attached hydrogens (tertiary/aromatic N) is 1. The minimum absolute atomic E-state index is 0. The molecule has 1 saturated heterocycles. The van der Waals surface area contributed by atoms with Gasteiger partial charge in [0.15, 0.2) is 0 Å². The summed E-state index contributed by atoms with van der Waals surface area (Å²) < 4.78 is 10.2. The van der Waals surface area contributed by atoms with Gasteiger partial charge in [0.1, 0.15) is 0 Å². The summed E-state index contributed by atoms with van der Waals surface area (Å²) in [5.74, 6) is -0.644. The molecule has 1 fully saturated rings. The van der Waals surface area contributed by atoms with Gasteiger partial charge in [0.25, 0.3) is 0 Å². The number of carbonyl (C=O) groups is 2. The molecule has 7 nitrogen and oxygen atoms in total. The van der Waals surface area contributed by atoms with Crippen LogP contribution in [0, 0.1) is 0 Å². The molecule has 1 aromatic rings. The number of anilines is 2. The molecule has 0 unspecified atom stereocenters. The van der Waals surface area contributed by atoms with Crippen molar-refractivity contribution in [1.29, 1.82) is 0 Å². The third kappa shape index (κ3) is 6.70. The zero-order valence-electron chi connectivity index (χ0n) is 14.2. The minimum atomic E-state index is -0.478. The highest BCUT2D eigenvalue weighted by Crippen LogP contribution is 2.25. The minimum Gasteiger partial charge on any atom is -0.465 e. The highest BCUT2D eigenvalue weighted by molar-refractivity contribution is 6.02. The molecule has 0 aliphatic carbocycles. The molecule has 0 saturated carbocycles. The first kappa shape index (κ1) is 23.5. The first-order chi connectivity index (χ1) is 11.2. The molecular weight excluding hydrogens is 369 g/mol. The van der Waals surface area contributed by atoms with E-state index in [1.807, 2.05) is 6.07 Å². The lowest BCUT2D eigenvalue weighted by Crippen LogP contribution is -2.36. The Bertz CT molecular complexity index is 566. The number of nitrogens with two attached hydrogens (primary N) is 1. The van der Waals surface area contributed by atoms with Crippen molar-refractivity contribution in [2.45, 2.75) is 12.8 Å². The van der Waals surface area contributed by atoms with Gasteiger partial charge in [-0.2, -0.15) is 0 Å². The van der Waals surface area contributed by atoms with Crippen LogP contribution in [0.3, 0.4) is 0 Å². The maximum absolute atomic E-state index is 12.0. The van der Waals surface area contributed by atoms with Crippen LogP contribution in [0.15, 0.2) is 18.2 Å². The summed E-state index contributed by atoms with van der Waals surface area (Å²) in [6.07, 6.45) is 0.924. The van der Waals surface area contributed by atoms with Gasteiger partial charge in [-0.05, 0) is 31.2 Å². The van der Waals surface area contributed by atoms with Crippen molar-refractivity contribution < 1.29 is 19.1 Å². The van der Waals surface area contributed by atoms with E-state index in [2.05, 4.69) is 10.2 Å². The summed E-state index contributed by atoms with van der Waals surface area (Å²) in [7, 11) is 1.32. The Morgan fingerprint density at radius 2 is 1.96 bits per heavy atom. The van der Waals surface area contributed by atoms with Crippen molar-refractivity contribution in [2.24, 2.45) is 5.73 Å². The Hall–Kier alpha value is -1.54. The molecule has 0 radical (unpaired) electrons. The average Bonchev–Trinajstić information content (AvgIpc) is 2.60. The molecule has 2 rings (SSSR count). The van der Waals surface area contributed by atoms with Gasteiger partial charge in [-0.1, -0.05) is 0 Å². The van der Waals surface area contributed by atoms with E-state index in [4.69, 9.17) is 15.2 Å². The molecule has 0 bridgehead atoms. The summed E-state index contributed by atoms with van der Waals surface area (Å²) in [4.78, 5) is 26.0. The number of ether oxygens (including phenoxy) is 2. The molecule has 25 heavy (non-hydrogen) atoms. The van der Waals surface area contributed by atoms with E-state index in [9.17, 15) is 9.59 Å². The van der Waals surface area contributed by atoms with Gasteiger partial charge >= 0.3 is 5.97 Å². The number of benzene rings is 1. The predicted molar refractivity (Wildman–Crippen MR) is 102 cm³/mol. The van der Waals surface area contributed by atoms with Crippen molar-refractivity contribution in [3.8, 4) is 0 Å². The first-order valence-corrected chi connectivity index (χ1v) is 7.70. The Morgan fingerprint density at radius 3 is 2.56 bits per heavy atom. The fraction of sp³-hybridized carbons (Fsp3) is 0.500. The fourth-order valence-electron chi connectivity index (χ4n) is 2.41. The summed E-state index contributed by atoms with van der Waals surface area (Å²) >= 11 is 0. The van der Waals surface area contributed by atoms with Gasteiger partial charge in [-0.3, -0.25) is 4.79 Å². The number of methoxy groups -OCH3 is 1. The van der Waals surface area contributed by atoms with Gasteiger partial charge < -0.3 is 25.4 Å². The van der Waals surface area contributed by atoms with Crippen LogP contribution in [0.5, 0.6) is 0 Å². The topological polar surface area (TPSA) is 93.9 Å². The second kappa shape index (κ2) is 11.9. The van der Waals surface area contributed by atoms with E-state index >= 15 is 0 Å². The first-order valence-electron chi connectivity index (χ1n) is 7.70. The number of halogens is 2. The maximum atomic E-state index is 12.0. The van der Waals surface area contributed by atoms with E-state index in [-0.39, 0.29) is 30.7 Å². The number of esters is 1. The number of hydrogen-bond acceptors (Lipinski definition) is 6. The standard InChI is InChI=1S/C16H23N3O4.2ClH/c1-22-16(21)13-11-12(19-7-9-23-10-8-19)4-5-14(13)18-15(20)3-2-6-17;;/h4-5,11H,2-3,6-10,17H2,1H3,(H,18,20);2*1H. The molecule has 1 aromatic carbocycles. The van der Waals surface area contributed by atoms with Crippen molar-refractivity contribution in [3.05, 3.63) is 23.8 Å². The number of amides is 1. The second-order valence-corrected chi connectivity index (χ2v) is 5.26. The van der Waals surface area contributed by atoms with Gasteiger partial charge in [0.2, 0.25) is 5.91 Å². The lowest BCUT2D eigenvalue weighted by molar-refractivity contribution is -0.116. The van der Waals surface area contributed by atoms with Crippen LogP contribution in [0.1, 0.15) is 23.2 Å². The number of nitrogens with one attached hydrogen (secondary N) is 1. The number of rotatable bonds is 6. The van der Waals surface area contributed by atoms with Crippen LogP contribution >= 0.6 is 24.8 Å². The predicted octanol–water partition coefficient (Wildman–Crippen LogP) is 1.83. The zero-order chi connectivity index (χ0) is 16.7. The highest BCUT2D eigenvalue weighted by Gasteiger charge is 2.18. The molecular formula is C16H25Cl2N3O4. The largest absolute Gasteiger partial charge is 0.465 e. The molecule has 0 spiro atoms. The van der Waals surface area contributed by atoms with Crippen LogP contribution in [0.2, 0.25) is 0 Å². The Morgan fingerprint density at radius 1 is 1.28 bits per heavy atom. The zero-order valence-corrected chi connectivity index (χ0v) is 15.8. The van der Waals surface area contributed by atoms with Crippen molar-refractivity contribution >= 4 is 48.1 Å². The molecule has 9 heteroatoms. The quantitative estimate of drug-likeness (QED) is 0.715. The Labute approximate surface area is 160 Å². The highest BCUT2D eigenvalue weighted by atomic mass is 35.5. The van der Waals surface area contributed by atoms with Gasteiger partial charge in [-0.25, -0.2) is 4.79 Å². The van der Waals surface area contributed by atoms with Gasteiger partial charge in [-0.15, -0.1) is 24.8 Å². The Kier molecular flexibility index (Phi) is 11.2. The van der Waals surface area contributed by atoms with Crippen molar-refractivity contribution in [2.75, 3.05) is 50.2 Å². The monoisotopic (exact) mass is 393 g/mol. The molecule has 1 heterocycles. The van der Waals surface area contributed by atoms with Crippen molar-refractivity contribution in [1.82, 2.24) is 0 Å². The fourth-order valence-corrected chi connectivity index (χ4v) is 2.41. The smallest absolute Gasteiger partial charge is 0.340 e. The van der Waals surface area contributed by atoms with E-state index in [0.717, 1.165) is 18.8 Å². The summed E-state index contributed by atoms with van der Waals surface area (Å²) in [6, 6.07) is 5.36. The molecule has 142 valence electrons. The normalized spacial score (nSPS) is 13.3. The third-order valence-electron chi connectivity index (χ3n) is 3.67. The average molecular weight is 394 g/mol. The molecule has 1 aliphatic heterocycles. The summed E-state index contributed by atoms with van der Waals surface area (Å²) in [5, 5.41) is 2.75. The van der Waals surface area contributed by atoms with Crippen molar-refractivity contribution in [3.63, 3.8) is 0 Å². The maximum Gasteiger partial charge on any atom is 0.340 e. The lowest BCUT2D eigenvalue weighted by Gasteiger charge is -2.29. The number of morpholine rings is 1. The van der Waals surface area contributed by atoms with Crippen LogP contribution < -0.4 is 16.0 Å². The van der Waals surface area contributed by atoms with Gasteiger partial charge in [0.05, 0.1) is 31.6 Å². The molecule has 0 atom stereocenters. The molecule has 3 N–H and O–H groups in total. The molecule has 0 aromatic heterocycles.